The van der Waals surface area contributed by atoms with Crippen molar-refractivity contribution in [2.75, 3.05) is 26.3 Å². The van der Waals surface area contributed by atoms with Crippen LogP contribution >= 0.6 is 11.6 Å². The summed E-state index contributed by atoms with van der Waals surface area (Å²) in [6, 6.07) is 15.4. The molecule has 1 aromatic heterocycles. The molecule has 0 spiro atoms. The lowest BCUT2D eigenvalue weighted by atomic mass is 10.0. The van der Waals surface area contributed by atoms with E-state index >= 15 is 0 Å². The molecule has 4 nitrogen and oxygen atoms in total. The predicted octanol–water partition coefficient (Wildman–Crippen LogP) is 4.34. The highest BCUT2D eigenvalue weighted by atomic mass is 35.5. The number of carbonyl (C=O) groups excluding carboxylic acids is 1. The molecule has 1 aliphatic rings. The van der Waals surface area contributed by atoms with Crippen molar-refractivity contribution in [3.05, 3.63) is 64.7 Å². The molecule has 1 saturated heterocycles. The van der Waals surface area contributed by atoms with Crippen LogP contribution < -0.4 is 0 Å². The smallest absolute Gasteiger partial charge is 0.254 e. The zero-order valence-corrected chi connectivity index (χ0v) is 15.3. The summed E-state index contributed by atoms with van der Waals surface area (Å²) in [4.78, 5) is 19.8. The van der Waals surface area contributed by atoms with Crippen LogP contribution in [0.4, 0.5) is 0 Å². The van der Waals surface area contributed by atoms with Crippen LogP contribution in [-0.4, -0.2) is 42.1 Å². The summed E-state index contributed by atoms with van der Waals surface area (Å²) >= 11 is 6.00. The number of morpholine rings is 1. The number of benzene rings is 2. The van der Waals surface area contributed by atoms with Crippen molar-refractivity contribution in [2.24, 2.45) is 0 Å². The molecule has 26 heavy (non-hydrogen) atoms. The van der Waals surface area contributed by atoms with E-state index < -0.39 is 0 Å². The van der Waals surface area contributed by atoms with Crippen LogP contribution in [0.2, 0.25) is 5.02 Å². The first kappa shape index (κ1) is 17.0. The normalized spacial score (nSPS) is 14.6. The molecule has 0 bridgehead atoms. The van der Waals surface area contributed by atoms with Gasteiger partial charge in [-0.25, -0.2) is 4.98 Å². The highest BCUT2D eigenvalue weighted by Crippen LogP contribution is 2.27. The van der Waals surface area contributed by atoms with Gasteiger partial charge in [0, 0.05) is 29.1 Å². The zero-order valence-electron chi connectivity index (χ0n) is 14.5. The number of ether oxygens (including phenoxy) is 1. The lowest BCUT2D eigenvalue weighted by Crippen LogP contribution is -2.40. The van der Waals surface area contributed by atoms with E-state index in [4.69, 9.17) is 21.3 Å². The average Bonchev–Trinajstić information content (AvgIpc) is 2.68. The largest absolute Gasteiger partial charge is 0.378 e. The second kappa shape index (κ2) is 7.06. The Morgan fingerprint density at radius 2 is 1.81 bits per heavy atom. The topological polar surface area (TPSA) is 42.4 Å². The number of fused-ring (bicyclic) bond motifs is 1. The third-order valence-electron chi connectivity index (χ3n) is 4.63. The molecule has 0 N–H and O–H groups in total. The van der Waals surface area contributed by atoms with Crippen molar-refractivity contribution in [2.45, 2.75) is 6.92 Å². The molecule has 0 atom stereocenters. The van der Waals surface area contributed by atoms with Crippen LogP contribution in [0.1, 0.15) is 15.9 Å². The molecular weight excluding hydrogens is 348 g/mol. The van der Waals surface area contributed by atoms with Crippen molar-refractivity contribution in [1.82, 2.24) is 9.88 Å². The van der Waals surface area contributed by atoms with Gasteiger partial charge in [-0.3, -0.25) is 4.79 Å². The number of halogens is 1. The summed E-state index contributed by atoms with van der Waals surface area (Å²) in [6.07, 6.45) is 0. The summed E-state index contributed by atoms with van der Waals surface area (Å²) in [7, 11) is 0. The fourth-order valence-corrected chi connectivity index (χ4v) is 3.35. The fourth-order valence-electron chi connectivity index (χ4n) is 3.22. The van der Waals surface area contributed by atoms with Crippen molar-refractivity contribution < 1.29 is 9.53 Å². The minimum absolute atomic E-state index is 0.0292. The fraction of sp³-hybridized carbons (Fsp3) is 0.238. The lowest BCUT2D eigenvalue weighted by Gasteiger charge is -2.27. The standard InChI is InChI=1S/C21H19ClN2O2/c1-14-2-7-19-17(12-14)18(21(25)24-8-10-26-11-9-24)13-20(23-19)15-3-5-16(22)6-4-15/h2-7,12-13H,8-11H2,1H3. The number of hydrogen-bond donors (Lipinski definition) is 0. The summed E-state index contributed by atoms with van der Waals surface area (Å²) in [5, 5.41) is 1.56. The third kappa shape index (κ3) is 3.30. The van der Waals surface area contributed by atoms with E-state index in [2.05, 4.69) is 0 Å². The van der Waals surface area contributed by atoms with Gasteiger partial charge in [0.25, 0.3) is 5.91 Å². The van der Waals surface area contributed by atoms with Crippen LogP contribution in [0.5, 0.6) is 0 Å². The molecule has 0 radical (unpaired) electrons. The van der Waals surface area contributed by atoms with Gasteiger partial charge in [-0.15, -0.1) is 0 Å². The Morgan fingerprint density at radius 1 is 1.08 bits per heavy atom. The van der Waals surface area contributed by atoms with E-state index in [0.29, 0.717) is 36.9 Å². The van der Waals surface area contributed by atoms with Crippen LogP contribution in [0.25, 0.3) is 22.2 Å². The molecule has 4 rings (SSSR count). The molecule has 132 valence electrons. The number of aryl methyl sites for hydroxylation is 1. The maximum absolute atomic E-state index is 13.2. The molecule has 0 aliphatic carbocycles. The van der Waals surface area contributed by atoms with E-state index in [9.17, 15) is 4.79 Å². The Hall–Kier alpha value is -2.43. The molecule has 0 unspecified atom stereocenters. The van der Waals surface area contributed by atoms with Crippen molar-refractivity contribution in [1.29, 1.82) is 0 Å². The van der Waals surface area contributed by atoms with E-state index in [1.807, 2.05) is 60.4 Å². The molecule has 3 aromatic rings. The van der Waals surface area contributed by atoms with Crippen molar-refractivity contribution >= 4 is 28.4 Å². The minimum Gasteiger partial charge on any atom is -0.378 e. The molecule has 1 fully saturated rings. The van der Waals surface area contributed by atoms with E-state index in [1.54, 1.807) is 0 Å². The molecule has 0 saturated carbocycles. The van der Waals surface area contributed by atoms with Crippen molar-refractivity contribution in [3.63, 3.8) is 0 Å². The van der Waals surface area contributed by atoms with Crippen LogP contribution in [0.15, 0.2) is 48.5 Å². The molecule has 1 amide bonds. The van der Waals surface area contributed by atoms with Gasteiger partial charge in [0.1, 0.15) is 0 Å². The second-order valence-corrected chi connectivity index (χ2v) is 6.92. The Morgan fingerprint density at radius 3 is 2.54 bits per heavy atom. The SMILES string of the molecule is Cc1ccc2nc(-c3ccc(Cl)cc3)cc(C(=O)N3CCOCC3)c2c1. The molecule has 2 heterocycles. The Bertz CT molecular complexity index is 964. The average molecular weight is 367 g/mol. The van der Waals surface area contributed by atoms with Crippen LogP contribution in [-0.2, 0) is 4.74 Å². The maximum atomic E-state index is 13.2. The summed E-state index contributed by atoms with van der Waals surface area (Å²) in [6.45, 7) is 4.42. The lowest BCUT2D eigenvalue weighted by molar-refractivity contribution is 0.0304. The minimum atomic E-state index is 0.0292. The molecule has 1 aliphatic heterocycles. The Labute approximate surface area is 157 Å². The monoisotopic (exact) mass is 366 g/mol. The predicted molar refractivity (Wildman–Crippen MR) is 104 cm³/mol. The Balaban J connectivity index is 1.86. The van der Waals surface area contributed by atoms with E-state index in [0.717, 1.165) is 27.7 Å². The highest BCUT2D eigenvalue weighted by molar-refractivity contribution is 6.30. The van der Waals surface area contributed by atoms with Gasteiger partial charge in [0.05, 0.1) is 30.0 Å². The van der Waals surface area contributed by atoms with Gasteiger partial charge in [0.15, 0.2) is 0 Å². The molecule has 5 heteroatoms. The quantitative estimate of drug-likeness (QED) is 0.677. The molecule has 2 aromatic carbocycles. The van der Waals surface area contributed by atoms with E-state index in [-0.39, 0.29) is 5.91 Å². The number of rotatable bonds is 2. The molecular formula is C21H19ClN2O2. The van der Waals surface area contributed by atoms with E-state index in [1.165, 1.54) is 0 Å². The summed E-state index contributed by atoms with van der Waals surface area (Å²) < 4.78 is 5.38. The van der Waals surface area contributed by atoms with Gasteiger partial charge in [-0.2, -0.15) is 0 Å². The summed E-state index contributed by atoms with van der Waals surface area (Å²) in [5.41, 5.74) is 4.32. The first-order valence-electron chi connectivity index (χ1n) is 8.66. The Kier molecular flexibility index (Phi) is 4.62. The number of aromatic nitrogens is 1. The summed E-state index contributed by atoms with van der Waals surface area (Å²) in [5.74, 6) is 0.0292. The van der Waals surface area contributed by atoms with Gasteiger partial charge in [-0.1, -0.05) is 35.4 Å². The van der Waals surface area contributed by atoms with Crippen LogP contribution in [0.3, 0.4) is 0 Å². The van der Waals surface area contributed by atoms with Crippen LogP contribution in [0, 0.1) is 6.92 Å². The zero-order chi connectivity index (χ0) is 18.1. The number of hydrogen-bond acceptors (Lipinski definition) is 3. The maximum Gasteiger partial charge on any atom is 0.254 e. The van der Waals surface area contributed by atoms with Gasteiger partial charge in [0.2, 0.25) is 0 Å². The van der Waals surface area contributed by atoms with Gasteiger partial charge >= 0.3 is 0 Å². The van der Waals surface area contributed by atoms with Crippen molar-refractivity contribution in [3.8, 4) is 11.3 Å². The van der Waals surface area contributed by atoms with Gasteiger partial charge < -0.3 is 9.64 Å². The highest BCUT2D eigenvalue weighted by Gasteiger charge is 2.22. The first-order chi connectivity index (χ1) is 12.6. The third-order valence-corrected chi connectivity index (χ3v) is 4.88. The number of amides is 1. The second-order valence-electron chi connectivity index (χ2n) is 6.49. The number of carbonyl (C=O) groups is 1. The number of nitrogens with zero attached hydrogens (tertiary/aromatic N) is 2. The van der Waals surface area contributed by atoms with Gasteiger partial charge in [-0.05, 0) is 37.3 Å². The first-order valence-corrected chi connectivity index (χ1v) is 9.04. The number of pyridine rings is 1.